The lowest BCUT2D eigenvalue weighted by Crippen LogP contribution is -2.43. The fourth-order valence-electron chi connectivity index (χ4n) is 4.14. The molecule has 2 fully saturated rings. The Bertz CT molecular complexity index is 406. The van der Waals surface area contributed by atoms with E-state index in [2.05, 4.69) is 41.3 Å². The van der Waals surface area contributed by atoms with Crippen LogP contribution in [0, 0.1) is 5.92 Å². The van der Waals surface area contributed by atoms with Gasteiger partial charge in [-0.3, -0.25) is 4.98 Å². The summed E-state index contributed by atoms with van der Waals surface area (Å²) in [5.41, 5.74) is 1.37. The molecule has 3 atom stereocenters. The van der Waals surface area contributed by atoms with Crippen molar-refractivity contribution in [2.75, 3.05) is 13.6 Å². The highest BCUT2D eigenvalue weighted by molar-refractivity contribution is 5.16. The minimum atomic E-state index is 0.487. The van der Waals surface area contributed by atoms with E-state index in [1.807, 2.05) is 12.4 Å². The summed E-state index contributed by atoms with van der Waals surface area (Å²) in [6, 6.07) is 6.41. The Labute approximate surface area is 122 Å². The molecule has 2 aliphatic rings. The SMILES string of the molecule is CCCNC(c1cccnc1)C1CC2CCC(C1)N2C. The van der Waals surface area contributed by atoms with E-state index in [9.17, 15) is 0 Å². The topological polar surface area (TPSA) is 28.2 Å². The molecular formula is C17H27N3. The van der Waals surface area contributed by atoms with Gasteiger partial charge in [-0.25, -0.2) is 0 Å². The van der Waals surface area contributed by atoms with Gasteiger partial charge in [0.25, 0.3) is 0 Å². The number of hydrogen-bond donors (Lipinski definition) is 1. The molecule has 0 amide bonds. The number of nitrogens with one attached hydrogen (secondary N) is 1. The molecule has 110 valence electrons. The molecule has 0 radical (unpaired) electrons. The largest absolute Gasteiger partial charge is 0.310 e. The van der Waals surface area contributed by atoms with Crippen molar-refractivity contribution in [1.29, 1.82) is 0 Å². The van der Waals surface area contributed by atoms with E-state index in [-0.39, 0.29) is 0 Å². The summed E-state index contributed by atoms with van der Waals surface area (Å²) in [5, 5.41) is 3.78. The van der Waals surface area contributed by atoms with Crippen LogP contribution < -0.4 is 5.32 Å². The zero-order chi connectivity index (χ0) is 13.9. The maximum Gasteiger partial charge on any atom is 0.0365 e. The molecule has 3 heterocycles. The summed E-state index contributed by atoms with van der Waals surface area (Å²) in [6.45, 7) is 3.34. The number of pyridine rings is 1. The van der Waals surface area contributed by atoms with Crippen LogP contribution in [0.25, 0.3) is 0 Å². The van der Waals surface area contributed by atoms with Crippen LogP contribution in [0.5, 0.6) is 0 Å². The number of piperidine rings is 1. The average Bonchev–Trinajstić information content (AvgIpc) is 2.70. The fraction of sp³-hybridized carbons (Fsp3) is 0.706. The molecule has 0 saturated carbocycles. The van der Waals surface area contributed by atoms with Crippen LogP contribution in [0.3, 0.4) is 0 Å². The molecule has 1 N–H and O–H groups in total. The van der Waals surface area contributed by atoms with Gasteiger partial charge in [0.2, 0.25) is 0 Å². The van der Waals surface area contributed by atoms with E-state index in [0.717, 1.165) is 24.5 Å². The monoisotopic (exact) mass is 273 g/mol. The highest BCUT2D eigenvalue weighted by atomic mass is 15.2. The van der Waals surface area contributed by atoms with E-state index in [1.54, 1.807) is 0 Å². The number of rotatable bonds is 5. The molecule has 0 aromatic carbocycles. The average molecular weight is 273 g/mol. The highest BCUT2D eigenvalue weighted by Gasteiger charge is 2.41. The first-order valence-corrected chi connectivity index (χ1v) is 8.14. The summed E-state index contributed by atoms with van der Waals surface area (Å²) < 4.78 is 0. The maximum atomic E-state index is 4.33. The standard InChI is InChI=1S/C17H27N3/c1-3-8-19-17(13-5-4-9-18-12-13)14-10-15-6-7-16(11-14)20(15)2/h4-5,9,12,14-17,19H,3,6-8,10-11H2,1-2H3. The molecular weight excluding hydrogens is 246 g/mol. The molecule has 2 saturated heterocycles. The lowest BCUT2D eigenvalue weighted by Gasteiger charge is -2.40. The summed E-state index contributed by atoms with van der Waals surface area (Å²) in [7, 11) is 2.32. The van der Waals surface area contributed by atoms with Gasteiger partial charge in [0.1, 0.15) is 0 Å². The molecule has 20 heavy (non-hydrogen) atoms. The van der Waals surface area contributed by atoms with E-state index in [4.69, 9.17) is 0 Å². The zero-order valence-electron chi connectivity index (χ0n) is 12.8. The normalized spacial score (nSPS) is 31.4. The van der Waals surface area contributed by atoms with Crippen molar-refractivity contribution in [1.82, 2.24) is 15.2 Å². The second-order valence-corrected chi connectivity index (χ2v) is 6.50. The maximum absolute atomic E-state index is 4.33. The van der Waals surface area contributed by atoms with Gasteiger partial charge in [0.05, 0.1) is 0 Å². The fourth-order valence-corrected chi connectivity index (χ4v) is 4.14. The smallest absolute Gasteiger partial charge is 0.0365 e. The lowest BCUT2D eigenvalue weighted by atomic mass is 9.82. The number of aromatic nitrogens is 1. The second kappa shape index (κ2) is 6.23. The van der Waals surface area contributed by atoms with E-state index in [0.29, 0.717) is 6.04 Å². The van der Waals surface area contributed by atoms with Crippen LogP contribution in [0.2, 0.25) is 0 Å². The number of fused-ring (bicyclic) bond motifs is 2. The lowest BCUT2D eigenvalue weighted by molar-refractivity contribution is 0.112. The first kappa shape index (κ1) is 14.0. The van der Waals surface area contributed by atoms with Crippen LogP contribution in [-0.2, 0) is 0 Å². The van der Waals surface area contributed by atoms with Gasteiger partial charge in [-0.1, -0.05) is 13.0 Å². The van der Waals surface area contributed by atoms with Crippen LogP contribution in [0.4, 0.5) is 0 Å². The molecule has 3 unspecified atom stereocenters. The van der Waals surface area contributed by atoms with E-state index < -0.39 is 0 Å². The first-order chi connectivity index (χ1) is 9.79. The van der Waals surface area contributed by atoms with Crippen LogP contribution in [0.1, 0.15) is 50.6 Å². The van der Waals surface area contributed by atoms with Gasteiger partial charge in [0.15, 0.2) is 0 Å². The minimum absolute atomic E-state index is 0.487. The van der Waals surface area contributed by atoms with Crippen molar-refractivity contribution < 1.29 is 0 Å². The third kappa shape index (κ3) is 2.75. The zero-order valence-corrected chi connectivity index (χ0v) is 12.8. The molecule has 0 aliphatic carbocycles. The Hall–Kier alpha value is -0.930. The summed E-state index contributed by atoms with van der Waals surface area (Å²) in [4.78, 5) is 6.95. The predicted molar refractivity (Wildman–Crippen MR) is 82.6 cm³/mol. The summed E-state index contributed by atoms with van der Waals surface area (Å²) in [6.07, 6.45) is 10.6. The molecule has 1 aromatic heterocycles. The van der Waals surface area contributed by atoms with Gasteiger partial charge in [-0.2, -0.15) is 0 Å². The Balaban J connectivity index is 1.76. The van der Waals surface area contributed by atoms with Gasteiger partial charge in [0, 0.05) is 30.5 Å². The molecule has 2 aliphatic heterocycles. The third-order valence-electron chi connectivity index (χ3n) is 5.26. The van der Waals surface area contributed by atoms with E-state index >= 15 is 0 Å². The van der Waals surface area contributed by atoms with Gasteiger partial charge >= 0.3 is 0 Å². The molecule has 2 bridgehead atoms. The number of nitrogens with zero attached hydrogens (tertiary/aromatic N) is 2. The Kier molecular flexibility index (Phi) is 4.37. The van der Waals surface area contributed by atoms with Gasteiger partial charge < -0.3 is 10.2 Å². The van der Waals surface area contributed by atoms with E-state index in [1.165, 1.54) is 37.7 Å². The molecule has 3 heteroatoms. The van der Waals surface area contributed by atoms with Crippen molar-refractivity contribution in [2.45, 2.75) is 57.2 Å². The molecule has 1 aromatic rings. The molecule has 0 spiro atoms. The van der Waals surface area contributed by atoms with Crippen LogP contribution in [-0.4, -0.2) is 35.6 Å². The highest BCUT2D eigenvalue weighted by Crippen LogP contribution is 2.42. The first-order valence-electron chi connectivity index (χ1n) is 8.14. The van der Waals surface area contributed by atoms with Crippen molar-refractivity contribution in [3.63, 3.8) is 0 Å². The Morgan fingerprint density at radius 1 is 1.35 bits per heavy atom. The molecule has 3 rings (SSSR count). The van der Waals surface area contributed by atoms with Crippen molar-refractivity contribution in [3.8, 4) is 0 Å². The van der Waals surface area contributed by atoms with Crippen molar-refractivity contribution >= 4 is 0 Å². The Morgan fingerprint density at radius 3 is 2.70 bits per heavy atom. The quantitative estimate of drug-likeness (QED) is 0.894. The van der Waals surface area contributed by atoms with Gasteiger partial charge in [-0.05, 0) is 63.2 Å². The Morgan fingerprint density at radius 2 is 2.10 bits per heavy atom. The summed E-state index contributed by atoms with van der Waals surface area (Å²) >= 11 is 0. The summed E-state index contributed by atoms with van der Waals surface area (Å²) in [5.74, 6) is 0.763. The minimum Gasteiger partial charge on any atom is -0.310 e. The second-order valence-electron chi connectivity index (χ2n) is 6.50. The van der Waals surface area contributed by atoms with Crippen LogP contribution >= 0.6 is 0 Å². The van der Waals surface area contributed by atoms with Crippen LogP contribution in [0.15, 0.2) is 24.5 Å². The van der Waals surface area contributed by atoms with Crippen molar-refractivity contribution in [2.24, 2.45) is 5.92 Å². The van der Waals surface area contributed by atoms with Gasteiger partial charge in [-0.15, -0.1) is 0 Å². The number of hydrogen-bond acceptors (Lipinski definition) is 3. The van der Waals surface area contributed by atoms with Crippen molar-refractivity contribution in [3.05, 3.63) is 30.1 Å². The third-order valence-corrected chi connectivity index (χ3v) is 5.26. The predicted octanol–water partition coefficient (Wildman–Crippen LogP) is 3.00. The molecule has 3 nitrogen and oxygen atoms in total.